The molecule has 0 aliphatic carbocycles. The molecule has 1 aromatic carbocycles. The fourth-order valence-corrected chi connectivity index (χ4v) is 4.48. The topological polar surface area (TPSA) is 35.6 Å². The highest BCUT2D eigenvalue weighted by atomic mass is 16.1. The Balaban J connectivity index is 1.37. The zero-order valence-electron chi connectivity index (χ0n) is 16.5. The van der Waals surface area contributed by atoms with Gasteiger partial charge in [0, 0.05) is 37.6 Å². The van der Waals surface area contributed by atoms with E-state index in [0.717, 1.165) is 32.4 Å². The molecule has 2 aliphatic heterocycles. The van der Waals surface area contributed by atoms with E-state index in [0.29, 0.717) is 24.5 Å². The molecule has 2 aliphatic rings. The van der Waals surface area contributed by atoms with Crippen molar-refractivity contribution >= 4 is 5.91 Å². The third-order valence-corrected chi connectivity index (χ3v) is 6.35. The lowest BCUT2D eigenvalue weighted by molar-refractivity contribution is -0.122. The monoisotopic (exact) mass is 357 g/mol. The maximum atomic E-state index is 12.4. The van der Waals surface area contributed by atoms with Crippen LogP contribution in [0, 0.1) is 0 Å². The van der Waals surface area contributed by atoms with E-state index < -0.39 is 0 Å². The first-order chi connectivity index (χ1) is 12.6. The molecule has 0 bridgehead atoms. The highest BCUT2D eigenvalue weighted by Gasteiger charge is 2.25. The second kappa shape index (κ2) is 9.52. The Morgan fingerprint density at radius 2 is 1.85 bits per heavy atom. The van der Waals surface area contributed by atoms with Crippen LogP contribution in [0.15, 0.2) is 30.3 Å². The Morgan fingerprint density at radius 1 is 1.12 bits per heavy atom. The number of nitrogens with zero attached hydrogens (tertiary/aromatic N) is 2. The first-order valence-corrected chi connectivity index (χ1v) is 10.4. The molecular weight excluding hydrogens is 322 g/mol. The summed E-state index contributed by atoms with van der Waals surface area (Å²) in [5.74, 6) is 0.249. The van der Waals surface area contributed by atoms with Gasteiger partial charge in [0.1, 0.15) is 0 Å². The van der Waals surface area contributed by atoms with Gasteiger partial charge in [0.2, 0.25) is 5.91 Å². The van der Waals surface area contributed by atoms with Crippen LogP contribution in [-0.2, 0) is 4.79 Å². The zero-order valence-corrected chi connectivity index (χ0v) is 16.5. The fourth-order valence-electron chi connectivity index (χ4n) is 4.48. The van der Waals surface area contributed by atoms with E-state index in [4.69, 9.17) is 0 Å². The molecule has 1 aromatic rings. The summed E-state index contributed by atoms with van der Waals surface area (Å²) < 4.78 is 0. The normalized spacial score (nSPS) is 24.3. The minimum Gasteiger partial charge on any atom is -0.353 e. The number of amides is 1. The molecule has 26 heavy (non-hydrogen) atoms. The first-order valence-electron chi connectivity index (χ1n) is 10.4. The van der Waals surface area contributed by atoms with Crippen LogP contribution in [0.3, 0.4) is 0 Å². The minimum absolute atomic E-state index is 0.249. The summed E-state index contributed by atoms with van der Waals surface area (Å²) in [6.07, 6.45) is 7.67. The van der Waals surface area contributed by atoms with E-state index >= 15 is 0 Å². The van der Waals surface area contributed by atoms with Gasteiger partial charge in [-0.15, -0.1) is 0 Å². The number of rotatable bonds is 6. The molecule has 0 spiro atoms. The average molecular weight is 358 g/mol. The van der Waals surface area contributed by atoms with E-state index in [1.807, 2.05) is 0 Å². The predicted octanol–water partition coefficient (Wildman–Crippen LogP) is 3.59. The predicted molar refractivity (Wildman–Crippen MR) is 107 cm³/mol. The van der Waals surface area contributed by atoms with Crippen LogP contribution in [0.4, 0.5) is 0 Å². The van der Waals surface area contributed by atoms with Gasteiger partial charge >= 0.3 is 0 Å². The summed E-state index contributed by atoms with van der Waals surface area (Å²) in [6.45, 7) is 5.60. The van der Waals surface area contributed by atoms with Crippen molar-refractivity contribution in [1.82, 2.24) is 15.1 Å². The van der Waals surface area contributed by atoms with Crippen molar-refractivity contribution in [2.24, 2.45) is 0 Å². The van der Waals surface area contributed by atoms with Crippen molar-refractivity contribution in [3.8, 4) is 0 Å². The Hall–Kier alpha value is -1.39. The van der Waals surface area contributed by atoms with E-state index in [2.05, 4.69) is 59.4 Å². The van der Waals surface area contributed by atoms with Crippen LogP contribution >= 0.6 is 0 Å². The van der Waals surface area contributed by atoms with E-state index in [9.17, 15) is 4.79 Å². The molecule has 1 N–H and O–H groups in total. The molecule has 2 saturated heterocycles. The van der Waals surface area contributed by atoms with Crippen molar-refractivity contribution in [2.45, 2.75) is 70.0 Å². The first kappa shape index (κ1) is 19.4. The van der Waals surface area contributed by atoms with Crippen molar-refractivity contribution < 1.29 is 4.79 Å². The van der Waals surface area contributed by atoms with Crippen LogP contribution in [-0.4, -0.2) is 54.5 Å². The molecular formula is C22H35N3O. The molecule has 3 rings (SSSR count). The van der Waals surface area contributed by atoms with Crippen molar-refractivity contribution in [1.29, 1.82) is 0 Å². The van der Waals surface area contributed by atoms with Crippen molar-refractivity contribution in [3.05, 3.63) is 35.9 Å². The molecule has 0 saturated carbocycles. The third kappa shape index (κ3) is 5.31. The SMILES string of the molecule is C[C@@H](c1ccccc1)N1CCC(NC(=O)CC[C@H]2CCCCN2C)CC1. The molecule has 0 unspecified atom stereocenters. The van der Waals surface area contributed by atoms with E-state index in [1.54, 1.807) is 0 Å². The molecule has 2 atom stereocenters. The number of nitrogens with one attached hydrogen (secondary N) is 1. The number of piperidine rings is 2. The Labute approximate surface area is 158 Å². The third-order valence-electron chi connectivity index (χ3n) is 6.35. The van der Waals surface area contributed by atoms with Crippen LogP contribution in [0.1, 0.15) is 63.5 Å². The minimum atomic E-state index is 0.249. The lowest BCUT2D eigenvalue weighted by atomic mass is 9.97. The summed E-state index contributed by atoms with van der Waals surface area (Å²) in [5.41, 5.74) is 1.38. The van der Waals surface area contributed by atoms with Gasteiger partial charge in [-0.05, 0) is 58.2 Å². The maximum absolute atomic E-state index is 12.4. The van der Waals surface area contributed by atoms with Gasteiger partial charge in [0.15, 0.2) is 0 Å². The molecule has 144 valence electrons. The second-order valence-corrected chi connectivity index (χ2v) is 8.13. The maximum Gasteiger partial charge on any atom is 0.220 e. The van der Waals surface area contributed by atoms with Crippen molar-refractivity contribution in [2.75, 3.05) is 26.7 Å². The molecule has 4 heteroatoms. The number of hydrogen-bond donors (Lipinski definition) is 1. The summed E-state index contributed by atoms with van der Waals surface area (Å²) in [4.78, 5) is 17.3. The number of hydrogen-bond acceptors (Lipinski definition) is 3. The molecule has 0 aromatic heterocycles. The fraction of sp³-hybridized carbons (Fsp3) is 0.682. The summed E-state index contributed by atoms with van der Waals surface area (Å²) in [6, 6.07) is 12.1. The number of likely N-dealkylation sites (tertiary alicyclic amines) is 2. The second-order valence-electron chi connectivity index (χ2n) is 8.13. The molecule has 2 fully saturated rings. The van der Waals surface area contributed by atoms with Gasteiger partial charge in [-0.25, -0.2) is 0 Å². The lowest BCUT2D eigenvalue weighted by Gasteiger charge is -2.36. The summed E-state index contributed by atoms with van der Waals surface area (Å²) >= 11 is 0. The van der Waals surface area contributed by atoms with Gasteiger partial charge in [0.05, 0.1) is 0 Å². The lowest BCUT2D eigenvalue weighted by Crippen LogP contribution is -2.45. The highest BCUT2D eigenvalue weighted by Crippen LogP contribution is 2.24. The number of benzene rings is 1. The largest absolute Gasteiger partial charge is 0.353 e. The number of carbonyl (C=O) groups excluding carboxylic acids is 1. The highest BCUT2D eigenvalue weighted by molar-refractivity contribution is 5.76. The van der Waals surface area contributed by atoms with Gasteiger partial charge in [0.25, 0.3) is 0 Å². The van der Waals surface area contributed by atoms with Crippen LogP contribution in [0.2, 0.25) is 0 Å². The van der Waals surface area contributed by atoms with E-state index in [1.165, 1.54) is 31.4 Å². The molecule has 4 nitrogen and oxygen atoms in total. The molecule has 1 amide bonds. The molecule has 0 radical (unpaired) electrons. The van der Waals surface area contributed by atoms with Gasteiger partial charge < -0.3 is 10.2 Å². The summed E-state index contributed by atoms with van der Waals surface area (Å²) in [7, 11) is 2.20. The van der Waals surface area contributed by atoms with Gasteiger partial charge in [-0.2, -0.15) is 0 Å². The van der Waals surface area contributed by atoms with Crippen LogP contribution < -0.4 is 5.32 Å². The van der Waals surface area contributed by atoms with Crippen molar-refractivity contribution in [3.63, 3.8) is 0 Å². The Bertz CT molecular complexity index is 554. The zero-order chi connectivity index (χ0) is 18.4. The quantitative estimate of drug-likeness (QED) is 0.845. The smallest absolute Gasteiger partial charge is 0.220 e. The molecule has 2 heterocycles. The van der Waals surface area contributed by atoms with Gasteiger partial charge in [-0.1, -0.05) is 36.8 Å². The standard InChI is InChI=1S/C22H35N3O/c1-18(19-8-4-3-5-9-19)25-16-13-20(14-17-25)23-22(26)12-11-21-10-6-7-15-24(21)2/h3-5,8-9,18,20-21H,6-7,10-17H2,1-2H3,(H,23,26)/t18-,21+/m0/s1. The van der Waals surface area contributed by atoms with Crippen LogP contribution in [0.25, 0.3) is 0 Å². The van der Waals surface area contributed by atoms with Crippen LogP contribution in [0.5, 0.6) is 0 Å². The van der Waals surface area contributed by atoms with Gasteiger partial charge in [-0.3, -0.25) is 9.69 Å². The summed E-state index contributed by atoms with van der Waals surface area (Å²) in [5, 5.41) is 3.29. The van der Waals surface area contributed by atoms with E-state index in [-0.39, 0.29) is 5.91 Å². The number of carbonyl (C=O) groups is 1. The Morgan fingerprint density at radius 3 is 2.54 bits per heavy atom. The average Bonchev–Trinajstić information content (AvgIpc) is 2.68. The Kier molecular flexibility index (Phi) is 7.09.